The first-order valence-electron chi connectivity index (χ1n) is 7.07. The van der Waals surface area contributed by atoms with Crippen LogP contribution in [0.3, 0.4) is 0 Å². The van der Waals surface area contributed by atoms with E-state index in [-0.39, 0.29) is 0 Å². The van der Waals surface area contributed by atoms with E-state index in [0.717, 1.165) is 31.1 Å². The summed E-state index contributed by atoms with van der Waals surface area (Å²) in [6.07, 6.45) is 2.39. The fourth-order valence-electron chi connectivity index (χ4n) is 2.70. The van der Waals surface area contributed by atoms with Crippen LogP contribution in [0, 0.1) is 12.8 Å². The molecule has 5 nitrogen and oxygen atoms in total. The van der Waals surface area contributed by atoms with Crippen LogP contribution >= 0.6 is 0 Å². The molecule has 1 saturated heterocycles. The van der Waals surface area contributed by atoms with E-state index in [1.54, 1.807) is 12.1 Å². The molecule has 0 radical (unpaired) electrons. The van der Waals surface area contributed by atoms with E-state index >= 15 is 0 Å². The Morgan fingerprint density at radius 2 is 2.10 bits per heavy atom. The van der Waals surface area contributed by atoms with Crippen LogP contribution in [0.25, 0.3) is 0 Å². The molecule has 1 aliphatic heterocycles. The molecule has 1 fully saturated rings. The van der Waals surface area contributed by atoms with Gasteiger partial charge in [0, 0.05) is 19.3 Å². The zero-order valence-electron chi connectivity index (χ0n) is 12.5. The lowest BCUT2D eigenvalue weighted by Crippen LogP contribution is -2.36. The molecule has 1 aliphatic rings. The van der Waals surface area contributed by atoms with Crippen molar-refractivity contribution in [1.29, 1.82) is 0 Å². The maximum absolute atomic E-state index is 11.1. The zero-order valence-corrected chi connectivity index (χ0v) is 12.5. The molecule has 5 heteroatoms. The SMILES string of the molecule is Cc1cc(C(=O)O)cc(N(C)CC2CCN(C)CC2)n1. The van der Waals surface area contributed by atoms with E-state index < -0.39 is 5.97 Å². The van der Waals surface area contributed by atoms with Crippen molar-refractivity contribution >= 4 is 11.8 Å². The predicted octanol–water partition coefficient (Wildman–Crippen LogP) is 1.87. The lowest BCUT2D eigenvalue weighted by molar-refractivity contribution is 0.0696. The quantitative estimate of drug-likeness (QED) is 0.910. The number of anilines is 1. The van der Waals surface area contributed by atoms with Gasteiger partial charge in [0.25, 0.3) is 0 Å². The van der Waals surface area contributed by atoms with Gasteiger partial charge in [0.1, 0.15) is 5.82 Å². The van der Waals surface area contributed by atoms with Gasteiger partial charge in [0.2, 0.25) is 0 Å². The second-order valence-corrected chi connectivity index (χ2v) is 5.79. The van der Waals surface area contributed by atoms with E-state index in [1.165, 1.54) is 12.8 Å². The third kappa shape index (κ3) is 3.70. The van der Waals surface area contributed by atoms with Gasteiger partial charge in [-0.05, 0) is 58.0 Å². The molecule has 2 rings (SSSR count). The van der Waals surface area contributed by atoms with Crippen molar-refractivity contribution in [3.63, 3.8) is 0 Å². The number of rotatable bonds is 4. The topological polar surface area (TPSA) is 56.7 Å². The molecule has 0 unspecified atom stereocenters. The third-order valence-corrected chi connectivity index (χ3v) is 3.95. The van der Waals surface area contributed by atoms with Crippen LogP contribution in [0.2, 0.25) is 0 Å². The molecule has 0 amide bonds. The highest BCUT2D eigenvalue weighted by Crippen LogP contribution is 2.20. The molecule has 0 saturated carbocycles. The largest absolute Gasteiger partial charge is 0.478 e. The monoisotopic (exact) mass is 277 g/mol. The van der Waals surface area contributed by atoms with Gasteiger partial charge in [0.05, 0.1) is 5.56 Å². The van der Waals surface area contributed by atoms with Crippen LogP contribution in [0.5, 0.6) is 0 Å². The molecule has 110 valence electrons. The number of likely N-dealkylation sites (tertiary alicyclic amines) is 1. The highest BCUT2D eigenvalue weighted by molar-refractivity contribution is 5.88. The van der Waals surface area contributed by atoms with Crippen LogP contribution in [0.15, 0.2) is 12.1 Å². The van der Waals surface area contributed by atoms with Crippen LogP contribution in [-0.2, 0) is 0 Å². The number of pyridine rings is 1. The molecule has 2 heterocycles. The Labute approximate surface area is 120 Å². The summed E-state index contributed by atoms with van der Waals surface area (Å²) < 4.78 is 0. The van der Waals surface area contributed by atoms with E-state index in [2.05, 4.69) is 21.8 Å². The molecule has 0 atom stereocenters. The minimum absolute atomic E-state index is 0.308. The van der Waals surface area contributed by atoms with Crippen molar-refractivity contribution in [1.82, 2.24) is 9.88 Å². The van der Waals surface area contributed by atoms with Gasteiger partial charge in [-0.2, -0.15) is 0 Å². The van der Waals surface area contributed by atoms with Crippen LogP contribution < -0.4 is 4.90 Å². The van der Waals surface area contributed by atoms with Gasteiger partial charge in [-0.15, -0.1) is 0 Å². The summed E-state index contributed by atoms with van der Waals surface area (Å²) in [6.45, 7) is 5.04. The van der Waals surface area contributed by atoms with Crippen LogP contribution in [-0.4, -0.2) is 54.7 Å². The number of hydrogen-bond acceptors (Lipinski definition) is 4. The Hall–Kier alpha value is -1.62. The van der Waals surface area contributed by atoms with Crippen molar-refractivity contribution in [3.05, 3.63) is 23.4 Å². The molecular weight excluding hydrogens is 254 g/mol. The van der Waals surface area contributed by atoms with E-state index in [9.17, 15) is 4.79 Å². The van der Waals surface area contributed by atoms with Crippen LogP contribution in [0.4, 0.5) is 5.82 Å². The summed E-state index contributed by atoms with van der Waals surface area (Å²) in [5, 5.41) is 9.11. The molecule has 0 bridgehead atoms. The summed E-state index contributed by atoms with van der Waals surface area (Å²) in [6, 6.07) is 3.26. The Kier molecular flexibility index (Phi) is 4.60. The number of carboxylic acid groups (broad SMARTS) is 1. The first-order valence-corrected chi connectivity index (χ1v) is 7.07. The Morgan fingerprint density at radius 3 is 2.70 bits per heavy atom. The first-order chi connectivity index (χ1) is 9.45. The van der Waals surface area contributed by atoms with Gasteiger partial charge < -0.3 is 14.9 Å². The normalized spacial score (nSPS) is 17.1. The van der Waals surface area contributed by atoms with Gasteiger partial charge in [0.15, 0.2) is 0 Å². The number of carboxylic acids is 1. The standard InChI is InChI=1S/C15H23N3O2/c1-11-8-13(15(19)20)9-14(16-11)18(3)10-12-4-6-17(2)7-5-12/h8-9,12H,4-7,10H2,1-3H3,(H,19,20). The molecule has 0 spiro atoms. The second kappa shape index (κ2) is 6.22. The molecule has 1 N–H and O–H groups in total. The number of aryl methyl sites for hydroxylation is 1. The number of aromatic nitrogens is 1. The van der Waals surface area contributed by atoms with E-state index in [0.29, 0.717) is 11.5 Å². The predicted molar refractivity (Wildman–Crippen MR) is 79.4 cm³/mol. The fourth-order valence-corrected chi connectivity index (χ4v) is 2.70. The fraction of sp³-hybridized carbons (Fsp3) is 0.600. The van der Waals surface area contributed by atoms with Gasteiger partial charge in [-0.3, -0.25) is 0 Å². The maximum Gasteiger partial charge on any atom is 0.335 e. The molecule has 20 heavy (non-hydrogen) atoms. The minimum atomic E-state index is -0.899. The lowest BCUT2D eigenvalue weighted by Gasteiger charge is -2.32. The van der Waals surface area contributed by atoms with Crippen LogP contribution in [0.1, 0.15) is 28.9 Å². The average molecular weight is 277 g/mol. The minimum Gasteiger partial charge on any atom is -0.478 e. The van der Waals surface area contributed by atoms with Crippen molar-refractivity contribution in [2.24, 2.45) is 5.92 Å². The molecule has 0 aromatic carbocycles. The van der Waals surface area contributed by atoms with E-state index in [4.69, 9.17) is 5.11 Å². The average Bonchev–Trinajstić information content (AvgIpc) is 2.40. The third-order valence-electron chi connectivity index (χ3n) is 3.95. The number of aromatic carboxylic acids is 1. The van der Waals surface area contributed by atoms with Gasteiger partial charge in [-0.1, -0.05) is 0 Å². The van der Waals surface area contributed by atoms with Crippen molar-refractivity contribution in [2.45, 2.75) is 19.8 Å². The number of piperidine rings is 1. The Balaban J connectivity index is 2.05. The highest BCUT2D eigenvalue weighted by Gasteiger charge is 2.19. The summed E-state index contributed by atoms with van der Waals surface area (Å²) in [5.41, 5.74) is 1.05. The molecule has 0 aliphatic carbocycles. The Bertz CT molecular complexity index is 482. The van der Waals surface area contributed by atoms with Crippen molar-refractivity contribution < 1.29 is 9.90 Å². The summed E-state index contributed by atoms with van der Waals surface area (Å²) in [5.74, 6) is 0.512. The first kappa shape index (κ1) is 14.8. The van der Waals surface area contributed by atoms with Gasteiger partial charge in [-0.25, -0.2) is 9.78 Å². The summed E-state index contributed by atoms with van der Waals surface area (Å²) >= 11 is 0. The molecule has 1 aromatic heterocycles. The zero-order chi connectivity index (χ0) is 14.7. The summed E-state index contributed by atoms with van der Waals surface area (Å²) in [4.78, 5) is 20.0. The van der Waals surface area contributed by atoms with Crippen molar-refractivity contribution in [3.8, 4) is 0 Å². The number of nitrogens with zero attached hydrogens (tertiary/aromatic N) is 3. The van der Waals surface area contributed by atoms with E-state index in [1.807, 2.05) is 14.0 Å². The lowest BCUT2D eigenvalue weighted by atomic mass is 9.96. The second-order valence-electron chi connectivity index (χ2n) is 5.79. The molecular formula is C15H23N3O2. The Morgan fingerprint density at radius 1 is 1.45 bits per heavy atom. The smallest absolute Gasteiger partial charge is 0.335 e. The number of carbonyl (C=O) groups is 1. The summed E-state index contributed by atoms with van der Waals surface area (Å²) in [7, 11) is 4.15. The highest BCUT2D eigenvalue weighted by atomic mass is 16.4. The van der Waals surface area contributed by atoms with Crippen molar-refractivity contribution in [2.75, 3.05) is 38.6 Å². The number of hydrogen-bond donors (Lipinski definition) is 1. The van der Waals surface area contributed by atoms with Gasteiger partial charge >= 0.3 is 5.97 Å². The molecule has 1 aromatic rings. The maximum atomic E-state index is 11.1.